The predicted molar refractivity (Wildman–Crippen MR) is 28.0 cm³/mol. The molecule has 0 aliphatic heterocycles. The smallest absolute Gasteiger partial charge is 0.244 e. The minimum Gasteiger partial charge on any atom is -0.244 e. The Balaban J connectivity index is 5.46. The predicted octanol–water partition coefficient (Wildman–Crippen LogP) is 3.36. The van der Waals surface area contributed by atoms with Crippen molar-refractivity contribution in [3.05, 3.63) is 0 Å². The van der Waals surface area contributed by atoms with Gasteiger partial charge in [0.1, 0.15) is 0 Å². The molecule has 98 valence electrons. The van der Waals surface area contributed by atoms with Gasteiger partial charge in [0.05, 0.1) is 0 Å². The molecule has 0 aromatic carbocycles. The third-order valence-corrected chi connectivity index (χ3v) is 1.48. The van der Waals surface area contributed by atoms with Gasteiger partial charge in [-0.15, -0.1) is 4.94 Å². The van der Waals surface area contributed by atoms with E-state index in [1.807, 2.05) is 0 Å². The molecule has 0 heterocycles. The van der Waals surface area contributed by atoms with Gasteiger partial charge in [0.25, 0.3) is 0 Å². The second-order valence-corrected chi connectivity index (χ2v) is 2.58. The maximum absolute atomic E-state index is 12.2. The lowest BCUT2D eigenvalue weighted by Gasteiger charge is -2.33. The van der Waals surface area contributed by atoms with Crippen LogP contribution in [0.25, 0.3) is 0 Å². The van der Waals surface area contributed by atoms with Crippen LogP contribution in [0.15, 0.2) is 0 Å². The minimum atomic E-state index is -6.93. The molecule has 0 spiro atoms. The summed E-state index contributed by atoms with van der Waals surface area (Å²) >= 11 is 0. The Bertz CT molecular complexity index is 222. The van der Waals surface area contributed by atoms with Crippen LogP contribution < -0.4 is 0 Å². The molecule has 0 radical (unpaired) electrons. The fraction of sp³-hybridized carbons (Fsp3) is 1.00. The summed E-state index contributed by atoms with van der Waals surface area (Å²) in [7, 11) is 0. The highest BCUT2D eigenvalue weighted by molar-refractivity contribution is 5.00. The number of halogens is 10. The first-order chi connectivity index (χ1) is 6.87. The highest BCUT2D eigenvalue weighted by Crippen LogP contribution is 2.52. The van der Waals surface area contributed by atoms with Crippen LogP contribution in [0.5, 0.6) is 0 Å². The van der Waals surface area contributed by atoms with Gasteiger partial charge in [-0.05, 0) is 4.53 Å². The third kappa shape index (κ3) is 1.92. The summed E-state index contributed by atoms with van der Waals surface area (Å²) in [5.74, 6) is -19.9. The molecule has 0 unspecified atom stereocenters. The fourth-order valence-electron chi connectivity index (χ4n) is 0.545. The van der Waals surface area contributed by atoms with Gasteiger partial charge in [-0.25, -0.2) is 4.39 Å². The van der Waals surface area contributed by atoms with Crippen LogP contribution in [0.1, 0.15) is 0 Å². The van der Waals surface area contributed by atoms with Gasteiger partial charge in [-0.1, -0.05) is 0 Å². The first-order valence-corrected chi connectivity index (χ1v) is 3.24. The lowest BCUT2D eigenvalue weighted by molar-refractivity contribution is -0.471. The van der Waals surface area contributed by atoms with E-state index in [0.717, 1.165) is 0 Å². The maximum atomic E-state index is 12.2. The van der Waals surface area contributed by atoms with Crippen LogP contribution in [0.2, 0.25) is 0 Å². The molecule has 0 atom stereocenters. The van der Waals surface area contributed by atoms with Crippen LogP contribution in [0.3, 0.4) is 0 Å². The lowest BCUT2D eigenvalue weighted by Crippen LogP contribution is -2.63. The van der Waals surface area contributed by atoms with Crippen molar-refractivity contribution in [1.29, 1.82) is 0 Å². The summed E-state index contributed by atoms with van der Waals surface area (Å²) in [6.45, 7) is -3.34. The van der Waals surface area contributed by atoms with E-state index >= 15 is 0 Å². The molecule has 0 N–H and O–H groups in total. The fourth-order valence-corrected chi connectivity index (χ4v) is 0.545. The van der Waals surface area contributed by atoms with Crippen molar-refractivity contribution in [3.8, 4) is 0 Å². The van der Waals surface area contributed by atoms with Crippen molar-refractivity contribution in [2.75, 3.05) is 6.67 Å². The molecule has 0 amide bonds. The second kappa shape index (κ2) is 3.93. The van der Waals surface area contributed by atoms with Crippen LogP contribution in [0.4, 0.5) is 44.0 Å². The highest BCUT2D eigenvalue weighted by Gasteiger charge is 2.82. The van der Waals surface area contributed by atoms with Gasteiger partial charge in [0, 0.05) is 0 Å². The molecule has 0 rings (SSSR count). The normalized spacial score (nSPS) is 15.4. The SMILES string of the molecule is FCC(F)(F)C(F)(F)C(F)(F)C(F)(F)OF. The molecular formula is C5H2F10O. The molecule has 0 aliphatic carbocycles. The molecule has 1 nitrogen and oxygen atoms in total. The largest absolute Gasteiger partial charge is 0.455 e. The zero-order valence-corrected chi connectivity index (χ0v) is 6.89. The lowest BCUT2D eigenvalue weighted by atomic mass is 10.0. The maximum Gasteiger partial charge on any atom is 0.455 e. The second-order valence-electron chi connectivity index (χ2n) is 2.58. The Hall–Kier alpha value is -0.740. The Kier molecular flexibility index (Phi) is 3.75. The van der Waals surface area contributed by atoms with E-state index in [1.54, 1.807) is 0 Å². The summed E-state index contributed by atoms with van der Waals surface area (Å²) in [6, 6.07) is 0. The Morgan fingerprint density at radius 3 is 1.38 bits per heavy atom. The zero-order valence-electron chi connectivity index (χ0n) is 6.89. The number of hydrogen-bond donors (Lipinski definition) is 0. The first-order valence-electron chi connectivity index (χ1n) is 3.24. The molecule has 0 aromatic heterocycles. The molecule has 0 saturated carbocycles. The van der Waals surface area contributed by atoms with Crippen molar-refractivity contribution in [2.45, 2.75) is 23.9 Å². The van der Waals surface area contributed by atoms with Crippen molar-refractivity contribution in [2.24, 2.45) is 0 Å². The topological polar surface area (TPSA) is 9.23 Å². The molecular weight excluding hydrogens is 266 g/mol. The van der Waals surface area contributed by atoms with Crippen LogP contribution in [-0.2, 0) is 4.94 Å². The number of hydrogen-bond acceptors (Lipinski definition) is 1. The highest BCUT2D eigenvalue weighted by atomic mass is 19.4. The van der Waals surface area contributed by atoms with E-state index in [9.17, 15) is 44.0 Å². The van der Waals surface area contributed by atoms with Crippen LogP contribution in [-0.4, -0.2) is 30.6 Å². The standard InChI is InChI=1S/C5H2F10O/c6-1-2(7,8)3(9,10)4(11,12)5(13,14)16-15/h1H2. The molecule has 0 aromatic rings. The summed E-state index contributed by atoms with van der Waals surface area (Å²) < 4.78 is 118. The van der Waals surface area contributed by atoms with E-state index in [0.29, 0.717) is 0 Å². The monoisotopic (exact) mass is 268 g/mol. The van der Waals surface area contributed by atoms with Gasteiger partial charge in [0.2, 0.25) is 0 Å². The molecule has 0 aliphatic rings. The zero-order chi connectivity index (χ0) is 13.4. The number of rotatable bonds is 5. The van der Waals surface area contributed by atoms with Gasteiger partial charge in [-0.2, -0.15) is 35.1 Å². The third-order valence-electron chi connectivity index (χ3n) is 1.48. The van der Waals surface area contributed by atoms with E-state index < -0.39 is 30.6 Å². The average Bonchev–Trinajstić information content (AvgIpc) is 2.16. The van der Waals surface area contributed by atoms with E-state index in [2.05, 4.69) is 0 Å². The quantitative estimate of drug-likeness (QED) is 0.695. The number of alkyl halides is 9. The van der Waals surface area contributed by atoms with Gasteiger partial charge >= 0.3 is 23.9 Å². The summed E-state index contributed by atoms with van der Waals surface area (Å²) in [4.78, 5) is 1.21. The van der Waals surface area contributed by atoms with Crippen LogP contribution >= 0.6 is 0 Å². The van der Waals surface area contributed by atoms with Gasteiger partial charge < -0.3 is 0 Å². The molecule has 0 fully saturated rings. The molecule has 0 saturated heterocycles. The van der Waals surface area contributed by atoms with Gasteiger partial charge in [-0.3, -0.25) is 0 Å². The molecule has 16 heavy (non-hydrogen) atoms. The first kappa shape index (κ1) is 15.3. The Labute approximate surface area is 80.9 Å². The minimum absolute atomic E-state index is 1.21. The van der Waals surface area contributed by atoms with E-state index in [4.69, 9.17) is 0 Å². The van der Waals surface area contributed by atoms with E-state index in [1.165, 1.54) is 4.94 Å². The average molecular weight is 268 g/mol. The van der Waals surface area contributed by atoms with E-state index in [-0.39, 0.29) is 0 Å². The summed E-state index contributed by atoms with van der Waals surface area (Å²) in [5.41, 5.74) is 0. The van der Waals surface area contributed by atoms with Crippen LogP contribution in [0, 0.1) is 0 Å². The summed E-state index contributed by atoms with van der Waals surface area (Å²) in [5, 5.41) is 0. The Morgan fingerprint density at radius 2 is 1.12 bits per heavy atom. The van der Waals surface area contributed by atoms with Crippen molar-refractivity contribution < 1.29 is 49.0 Å². The van der Waals surface area contributed by atoms with Crippen molar-refractivity contribution in [3.63, 3.8) is 0 Å². The Morgan fingerprint density at radius 1 is 0.750 bits per heavy atom. The van der Waals surface area contributed by atoms with Crippen molar-refractivity contribution in [1.82, 2.24) is 0 Å². The van der Waals surface area contributed by atoms with Crippen molar-refractivity contribution >= 4 is 0 Å². The summed E-state index contributed by atoms with van der Waals surface area (Å²) in [6.07, 6.45) is -6.52. The van der Waals surface area contributed by atoms with Gasteiger partial charge in [0.15, 0.2) is 6.67 Å². The molecule has 11 heteroatoms. The molecule has 0 bridgehead atoms.